The minimum atomic E-state index is -1.29. The molecular formula is C13H9BrFNO2. The maximum absolute atomic E-state index is 13.2. The summed E-state index contributed by atoms with van der Waals surface area (Å²) in [5, 5.41) is 11.8. The van der Waals surface area contributed by atoms with Crippen LogP contribution in [-0.4, -0.2) is 11.1 Å². The van der Waals surface area contributed by atoms with E-state index in [0.29, 0.717) is 5.69 Å². The summed E-state index contributed by atoms with van der Waals surface area (Å²) in [7, 11) is 0. The fraction of sp³-hybridized carbons (Fsp3) is 0. The summed E-state index contributed by atoms with van der Waals surface area (Å²) >= 11 is 3.32. The van der Waals surface area contributed by atoms with Gasteiger partial charge in [-0.15, -0.1) is 0 Å². The largest absolute Gasteiger partial charge is 0.478 e. The number of carboxylic acid groups (broad SMARTS) is 1. The van der Waals surface area contributed by atoms with Gasteiger partial charge in [0.1, 0.15) is 5.82 Å². The molecule has 5 heteroatoms. The molecule has 0 aliphatic rings. The van der Waals surface area contributed by atoms with E-state index < -0.39 is 11.8 Å². The number of carbonyl (C=O) groups is 1. The van der Waals surface area contributed by atoms with Gasteiger partial charge in [-0.05, 0) is 42.5 Å². The van der Waals surface area contributed by atoms with Gasteiger partial charge in [0, 0.05) is 15.8 Å². The molecule has 0 radical (unpaired) electrons. The predicted molar refractivity (Wildman–Crippen MR) is 70.8 cm³/mol. The number of nitrogens with one attached hydrogen (secondary N) is 1. The number of hydrogen-bond acceptors (Lipinski definition) is 2. The second kappa shape index (κ2) is 5.18. The first-order valence-corrected chi connectivity index (χ1v) is 5.91. The SMILES string of the molecule is O=C(O)c1cc(Nc2ccc(Br)cc2)ccc1F. The van der Waals surface area contributed by atoms with Gasteiger partial charge in [0.2, 0.25) is 0 Å². The molecule has 0 spiro atoms. The average Bonchev–Trinajstić information content (AvgIpc) is 2.34. The van der Waals surface area contributed by atoms with E-state index in [4.69, 9.17) is 5.11 Å². The van der Waals surface area contributed by atoms with E-state index in [0.717, 1.165) is 16.2 Å². The van der Waals surface area contributed by atoms with Gasteiger partial charge in [0.25, 0.3) is 0 Å². The number of rotatable bonds is 3. The number of hydrogen-bond donors (Lipinski definition) is 2. The summed E-state index contributed by atoms with van der Waals surface area (Å²) in [6, 6.07) is 11.2. The smallest absolute Gasteiger partial charge is 0.338 e. The molecule has 0 fully saturated rings. The van der Waals surface area contributed by atoms with Crippen LogP contribution in [0.15, 0.2) is 46.9 Å². The second-order valence-electron chi connectivity index (χ2n) is 3.63. The van der Waals surface area contributed by atoms with Crippen LogP contribution in [0.1, 0.15) is 10.4 Å². The van der Waals surface area contributed by atoms with Crippen LogP contribution in [0.25, 0.3) is 0 Å². The van der Waals surface area contributed by atoms with Crippen LogP contribution in [0.5, 0.6) is 0 Å². The van der Waals surface area contributed by atoms with Crippen molar-refractivity contribution in [3.05, 3.63) is 58.3 Å². The molecule has 2 aromatic rings. The van der Waals surface area contributed by atoms with Gasteiger partial charge >= 0.3 is 5.97 Å². The highest BCUT2D eigenvalue weighted by Gasteiger charge is 2.10. The van der Waals surface area contributed by atoms with Gasteiger partial charge in [-0.1, -0.05) is 15.9 Å². The zero-order valence-electron chi connectivity index (χ0n) is 9.15. The van der Waals surface area contributed by atoms with Gasteiger partial charge in [-0.2, -0.15) is 0 Å². The van der Waals surface area contributed by atoms with Crippen molar-refractivity contribution < 1.29 is 14.3 Å². The van der Waals surface area contributed by atoms with Crippen LogP contribution in [0.4, 0.5) is 15.8 Å². The standard InChI is InChI=1S/C13H9BrFNO2/c14-8-1-3-9(4-2-8)16-10-5-6-12(15)11(7-10)13(17)18/h1-7,16H,(H,17,18). The molecule has 0 aliphatic heterocycles. The third-order valence-corrected chi connectivity index (χ3v) is 2.86. The summed E-state index contributed by atoms with van der Waals surface area (Å²) in [5.74, 6) is -2.03. The van der Waals surface area contributed by atoms with Crippen LogP contribution >= 0.6 is 15.9 Å². The molecule has 92 valence electrons. The van der Waals surface area contributed by atoms with Crippen molar-refractivity contribution >= 4 is 33.3 Å². The van der Waals surface area contributed by atoms with E-state index in [1.54, 1.807) is 0 Å². The molecule has 0 amide bonds. The summed E-state index contributed by atoms with van der Waals surface area (Å²) in [4.78, 5) is 10.8. The van der Waals surface area contributed by atoms with Crippen LogP contribution in [-0.2, 0) is 0 Å². The van der Waals surface area contributed by atoms with Crippen LogP contribution in [0.3, 0.4) is 0 Å². The zero-order chi connectivity index (χ0) is 13.1. The van der Waals surface area contributed by atoms with Crippen molar-refractivity contribution in [2.45, 2.75) is 0 Å². The Balaban J connectivity index is 2.27. The molecule has 0 aliphatic carbocycles. The number of benzene rings is 2. The Hall–Kier alpha value is -1.88. The first kappa shape index (κ1) is 12.6. The number of aromatic carboxylic acids is 1. The zero-order valence-corrected chi connectivity index (χ0v) is 10.7. The summed E-state index contributed by atoms with van der Waals surface area (Å²) in [6.45, 7) is 0. The summed E-state index contributed by atoms with van der Waals surface area (Å²) < 4.78 is 14.1. The topological polar surface area (TPSA) is 49.3 Å². The number of carboxylic acids is 1. The normalized spacial score (nSPS) is 10.1. The van der Waals surface area contributed by atoms with Crippen LogP contribution < -0.4 is 5.32 Å². The molecule has 3 nitrogen and oxygen atoms in total. The van der Waals surface area contributed by atoms with Crippen molar-refractivity contribution in [3.63, 3.8) is 0 Å². The van der Waals surface area contributed by atoms with E-state index in [9.17, 15) is 9.18 Å². The lowest BCUT2D eigenvalue weighted by Gasteiger charge is -2.07. The molecule has 0 atom stereocenters. The fourth-order valence-electron chi connectivity index (χ4n) is 1.47. The lowest BCUT2D eigenvalue weighted by molar-refractivity contribution is 0.0692. The van der Waals surface area contributed by atoms with E-state index in [1.165, 1.54) is 12.1 Å². The van der Waals surface area contributed by atoms with Gasteiger partial charge < -0.3 is 10.4 Å². The Labute approximate surface area is 111 Å². The first-order chi connectivity index (χ1) is 8.56. The molecule has 2 rings (SSSR count). The molecule has 2 aromatic carbocycles. The summed E-state index contributed by atoms with van der Waals surface area (Å²) in [6.07, 6.45) is 0. The van der Waals surface area contributed by atoms with Gasteiger partial charge in [0.05, 0.1) is 5.56 Å². The third kappa shape index (κ3) is 2.87. The minimum absolute atomic E-state index is 0.350. The van der Waals surface area contributed by atoms with Crippen molar-refractivity contribution in [3.8, 4) is 0 Å². The van der Waals surface area contributed by atoms with Gasteiger partial charge in [0.15, 0.2) is 0 Å². The highest BCUT2D eigenvalue weighted by Crippen LogP contribution is 2.21. The summed E-state index contributed by atoms with van der Waals surface area (Å²) in [5.41, 5.74) is 0.967. The number of halogens is 2. The monoisotopic (exact) mass is 309 g/mol. The van der Waals surface area contributed by atoms with Crippen LogP contribution in [0.2, 0.25) is 0 Å². The van der Waals surface area contributed by atoms with E-state index in [-0.39, 0.29) is 5.56 Å². The number of anilines is 2. The molecule has 0 heterocycles. The van der Waals surface area contributed by atoms with Crippen LogP contribution in [0, 0.1) is 5.82 Å². The quantitative estimate of drug-likeness (QED) is 0.900. The van der Waals surface area contributed by atoms with E-state index in [2.05, 4.69) is 21.2 Å². The Kier molecular flexibility index (Phi) is 3.62. The second-order valence-corrected chi connectivity index (χ2v) is 4.55. The molecular weight excluding hydrogens is 301 g/mol. The highest BCUT2D eigenvalue weighted by molar-refractivity contribution is 9.10. The Morgan fingerprint density at radius 2 is 1.72 bits per heavy atom. The Morgan fingerprint density at radius 1 is 1.11 bits per heavy atom. The maximum Gasteiger partial charge on any atom is 0.338 e. The highest BCUT2D eigenvalue weighted by atomic mass is 79.9. The average molecular weight is 310 g/mol. The van der Waals surface area contributed by atoms with Gasteiger partial charge in [-0.25, -0.2) is 9.18 Å². The molecule has 0 aromatic heterocycles. The minimum Gasteiger partial charge on any atom is -0.478 e. The molecule has 0 saturated carbocycles. The Bertz CT molecular complexity index is 584. The van der Waals surface area contributed by atoms with E-state index in [1.807, 2.05) is 24.3 Å². The van der Waals surface area contributed by atoms with Crippen molar-refractivity contribution in [1.82, 2.24) is 0 Å². The predicted octanol–water partition coefficient (Wildman–Crippen LogP) is 4.03. The fourth-order valence-corrected chi connectivity index (χ4v) is 1.73. The van der Waals surface area contributed by atoms with Gasteiger partial charge in [-0.3, -0.25) is 0 Å². The lowest BCUT2D eigenvalue weighted by Crippen LogP contribution is -2.01. The molecule has 0 unspecified atom stereocenters. The molecule has 18 heavy (non-hydrogen) atoms. The lowest BCUT2D eigenvalue weighted by atomic mass is 10.2. The molecule has 0 saturated heterocycles. The van der Waals surface area contributed by atoms with Crippen molar-refractivity contribution in [2.24, 2.45) is 0 Å². The van der Waals surface area contributed by atoms with Crippen molar-refractivity contribution in [1.29, 1.82) is 0 Å². The molecule has 0 bridgehead atoms. The first-order valence-electron chi connectivity index (χ1n) is 5.12. The maximum atomic E-state index is 13.2. The van der Waals surface area contributed by atoms with Crippen molar-refractivity contribution in [2.75, 3.05) is 5.32 Å². The molecule has 2 N–H and O–H groups in total. The Morgan fingerprint density at radius 3 is 2.33 bits per heavy atom. The van der Waals surface area contributed by atoms with E-state index >= 15 is 0 Å². The third-order valence-electron chi connectivity index (χ3n) is 2.33.